The van der Waals surface area contributed by atoms with E-state index in [9.17, 15) is 40.0 Å². The molecule has 0 saturated carbocycles. The molecule has 0 saturated heterocycles. The van der Waals surface area contributed by atoms with Crippen molar-refractivity contribution in [1.29, 1.82) is 0 Å². The number of halogens is 5. The summed E-state index contributed by atoms with van der Waals surface area (Å²) in [6.45, 7) is 5.43. The van der Waals surface area contributed by atoms with Gasteiger partial charge in [0.25, 0.3) is 6.10 Å². The van der Waals surface area contributed by atoms with E-state index in [1.807, 2.05) is 0 Å². The van der Waals surface area contributed by atoms with Crippen molar-refractivity contribution in [3.8, 4) is 0 Å². The van der Waals surface area contributed by atoms with Crippen LogP contribution in [0.5, 0.6) is 0 Å². The monoisotopic (exact) mass is 384 g/mol. The van der Waals surface area contributed by atoms with Gasteiger partial charge < -0.3 is 9.47 Å². The normalized spacial score (nSPS) is 15.3. The lowest BCUT2D eigenvalue weighted by atomic mass is 10.2. The standard InChI is InChI=1S/C11H13F5O7S/c1-4-6(22-7(17)5(2)3)8(18)23-9(10(12,13)14)11(15,16)24(19,20)21/h6,9H,2,4H2,1,3H3,(H,19,20,21). The number of carbonyl (C=O) groups is 2. The third-order valence-corrected chi connectivity index (χ3v) is 3.31. The third-order valence-electron chi connectivity index (χ3n) is 2.41. The molecule has 2 atom stereocenters. The predicted molar refractivity (Wildman–Crippen MR) is 67.4 cm³/mol. The molecule has 0 spiro atoms. The number of hydrogen-bond acceptors (Lipinski definition) is 6. The number of alkyl halides is 5. The van der Waals surface area contributed by atoms with Crippen molar-refractivity contribution in [2.45, 2.75) is 43.9 Å². The van der Waals surface area contributed by atoms with Gasteiger partial charge in [-0.3, -0.25) is 4.55 Å². The molecule has 0 aliphatic heterocycles. The van der Waals surface area contributed by atoms with E-state index in [1.54, 1.807) is 0 Å². The van der Waals surface area contributed by atoms with Crippen LogP contribution in [0.1, 0.15) is 20.3 Å². The summed E-state index contributed by atoms with van der Waals surface area (Å²) in [5, 5.41) is -5.86. The molecule has 0 radical (unpaired) electrons. The van der Waals surface area contributed by atoms with Gasteiger partial charge in [-0.1, -0.05) is 13.5 Å². The highest BCUT2D eigenvalue weighted by molar-refractivity contribution is 7.86. The average molecular weight is 384 g/mol. The summed E-state index contributed by atoms with van der Waals surface area (Å²) in [5.74, 6) is -3.28. The Morgan fingerprint density at radius 1 is 1.17 bits per heavy atom. The Hall–Kier alpha value is -1.76. The maximum absolute atomic E-state index is 13.3. The van der Waals surface area contributed by atoms with Gasteiger partial charge in [-0.05, 0) is 13.3 Å². The van der Waals surface area contributed by atoms with Crippen LogP contribution in [0.15, 0.2) is 12.2 Å². The molecule has 13 heteroatoms. The first-order valence-corrected chi connectivity index (χ1v) is 7.48. The zero-order chi connectivity index (χ0) is 19.5. The summed E-state index contributed by atoms with van der Waals surface area (Å²) >= 11 is 0. The quantitative estimate of drug-likeness (QED) is 0.309. The number of hydrogen-bond donors (Lipinski definition) is 1. The lowest BCUT2D eigenvalue weighted by Crippen LogP contribution is -2.53. The second-order valence-corrected chi connectivity index (χ2v) is 5.97. The van der Waals surface area contributed by atoms with Crippen LogP contribution in [0.4, 0.5) is 22.0 Å². The summed E-state index contributed by atoms with van der Waals surface area (Å²) in [5.41, 5.74) is -0.239. The van der Waals surface area contributed by atoms with Gasteiger partial charge in [0.2, 0.25) is 0 Å². The number of ether oxygens (including phenoxy) is 2. The van der Waals surface area contributed by atoms with Gasteiger partial charge in [0.1, 0.15) is 0 Å². The zero-order valence-electron chi connectivity index (χ0n) is 12.3. The van der Waals surface area contributed by atoms with Crippen molar-refractivity contribution < 1.29 is 54.0 Å². The van der Waals surface area contributed by atoms with Gasteiger partial charge in [-0.2, -0.15) is 30.4 Å². The van der Waals surface area contributed by atoms with Crippen LogP contribution in [0, 0.1) is 0 Å². The molecule has 0 heterocycles. The van der Waals surface area contributed by atoms with Gasteiger partial charge in [-0.15, -0.1) is 0 Å². The van der Waals surface area contributed by atoms with Gasteiger partial charge >= 0.3 is 33.5 Å². The van der Waals surface area contributed by atoms with Gasteiger partial charge in [0.15, 0.2) is 6.10 Å². The van der Waals surface area contributed by atoms with Gasteiger partial charge in [0.05, 0.1) is 0 Å². The van der Waals surface area contributed by atoms with Crippen LogP contribution in [0.3, 0.4) is 0 Å². The maximum Gasteiger partial charge on any atom is 0.432 e. The molecule has 0 aromatic heterocycles. The molecule has 7 nitrogen and oxygen atoms in total. The Bertz CT molecular complexity index is 611. The Morgan fingerprint density at radius 3 is 1.92 bits per heavy atom. The highest BCUT2D eigenvalue weighted by Crippen LogP contribution is 2.38. The minimum Gasteiger partial charge on any atom is -0.447 e. The molecule has 0 amide bonds. The highest BCUT2D eigenvalue weighted by atomic mass is 32.2. The first-order chi connectivity index (χ1) is 10.6. The van der Waals surface area contributed by atoms with E-state index in [1.165, 1.54) is 0 Å². The minimum atomic E-state index is -6.55. The molecule has 0 fully saturated rings. The summed E-state index contributed by atoms with van der Waals surface area (Å²) < 4.78 is 101. The van der Waals surface area contributed by atoms with Crippen molar-refractivity contribution >= 4 is 22.1 Å². The first-order valence-electron chi connectivity index (χ1n) is 6.04. The Labute approximate surface area is 133 Å². The van der Waals surface area contributed by atoms with Crippen LogP contribution in [-0.2, 0) is 29.2 Å². The fraction of sp³-hybridized carbons (Fsp3) is 0.636. The summed E-state index contributed by atoms with van der Waals surface area (Å²) in [4.78, 5) is 22.7. The van der Waals surface area contributed by atoms with Crippen LogP contribution >= 0.6 is 0 Å². The maximum atomic E-state index is 13.3. The summed E-state index contributed by atoms with van der Waals surface area (Å²) in [6.07, 6.45) is -13.0. The van der Waals surface area contributed by atoms with Crippen LogP contribution in [0.25, 0.3) is 0 Å². The smallest absolute Gasteiger partial charge is 0.432 e. The second kappa shape index (κ2) is 7.42. The molecular formula is C11H13F5O7S. The molecule has 140 valence electrons. The number of rotatable bonds is 7. The van der Waals surface area contributed by atoms with Crippen LogP contribution in [-0.4, -0.2) is 48.5 Å². The largest absolute Gasteiger partial charge is 0.447 e. The Balaban J connectivity index is 5.56. The summed E-state index contributed by atoms with van der Waals surface area (Å²) in [6, 6.07) is 0. The molecule has 0 aromatic rings. The van der Waals surface area contributed by atoms with Crippen molar-refractivity contribution in [2.75, 3.05) is 0 Å². The van der Waals surface area contributed by atoms with E-state index in [4.69, 9.17) is 4.55 Å². The molecule has 1 N–H and O–H groups in total. The van der Waals surface area contributed by atoms with Crippen molar-refractivity contribution in [2.24, 2.45) is 0 Å². The third kappa shape index (κ3) is 5.40. The van der Waals surface area contributed by atoms with E-state index in [0.29, 0.717) is 0 Å². The second-order valence-electron chi connectivity index (χ2n) is 4.48. The van der Waals surface area contributed by atoms with E-state index in [0.717, 1.165) is 13.8 Å². The molecule has 24 heavy (non-hydrogen) atoms. The first kappa shape index (κ1) is 22.2. The lowest BCUT2D eigenvalue weighted by Gasteiger charge is -2.27. The fourth-order valence-corrected chi connectivity index (χ4v) is 1.63. The van der Waals surface area contributed by atoms with Gasteiger partial charge in [0, 0.05) is 5.57 Å². The van der Waals surface area contributed by atoms with E-state index >= 15 is 0 Å². The summed E-state index contributed by atoms with van der Waals surface area (Å²) in [7, 11) is -6.55. The van der Waals surface area contributed by atoms with Gasteiger partial charge in [-0.25, -0.2) is 9.59 Å². The molecule has 0 rings (SSSR count). The topological polar surface area (TPSA) is 107 Å². The average Bonchev–Trinajstić information content (AvgIpc) is 2.38. The molecule has 0 bridgehead atoms. The van der Waals surface area contributed by atoms with Crippen molar-refractivity contribution in [3.63, 3.8) is 0 Å². The van der Waals surface area contributed by atoms with E-state index < -0.39 is 52.1 Å². The number of carbonyl (C=O) groups excluding carboxylic acids is 2. The lowest BCUT2D eigenvalue weighted by molar-refractivity contribution is -0.262. The fourth-order valence-electron chi connectivity index (χ4n) is 1.18. The molecule has 0 aromatic carbocycles. The minimum absolute atomic E-state index is 0.239. The SMILES string of the molecule is C=C(C)C(=O)OC(CC)C(=O)OC(C(F)(F)F)C(F)(F)S(=O)(=O)O. The molecule has 0 aliphatic carbocycles. The zero-order valence-corrected chi connectivity index (χ0v) is 13.1. The number of esters is 2. The predicted octanol–water partition coefficient (Wildman–Crippen LogP) is 1.84. The molecule has 2 unspecified atom stereocenters. The Kier molecular flexibility index (Phi) is 6.88. The van der Waals surface area contributed by atoms with Crippen LogP contribution < -0.4 is 0 Å². The molecular weight excluding hydrogens is 371 g/mol. The van der Waals surface area contributed by atoms with Crippen LogP contribution in [0.2, 0.25) is 0 Å². The van der Waals surface area contributed by atoms with Crippen molar-refractivity contribution in [3.05, 3.63) is 12.2 Å². The molecule has 0 aliphatic rings. The van der Waals surface area contributed by atoms with E-state index in [-0.39, 0.29) is 5.57 Å². The van der Waals surface area contributed by atoms with E-state index in [2.05, 4.69) is 16.1 Å². The van der Waals surface area contributed by atoms with Crippen molar-refractivity contribution in [1.82, 2.24) is 0 Å². The Morgan fingerprint density at radius 2 is 1.62 bits per heavy atom. The highest BCUT2D eigenvalue weighted by Gasteiger charge is 2.66.